The maximum Gasteiger partial charge on any atom is 0.328 e. The first-order valence-electron chi connectivity index (χ1n) is 7.36. The van der Waals surface area contributed by atoms with E-state index in [1.165, 1.54) is 43.4 Å². The van der Waals surface area contributed by atoms with Crippen LogP contribution in [0.15, 0.2) is 12.1 Å². The molecule has 1 fully saturated rings. The van der Waals surface area contributed by atoms with Gasteiger partial charge in [0.1, 0.15) is 0 Å². The first-order chi connectivity index (χ1) is 10.1. The summed E-state index contributed by atoms with van der Waals surface area (Å²) in [5.41, 5.74) is 0.931. The second kappa shape index (κ2) is 7.41. The molecule has 1 aromatic heterocycles. The predicted octanol–water partition coefficient (Wildman–Crippen LogP) is 3.46. The maximum atomic E-state index is 12.1. The molecule has 114 valence electrons. The molecule has 0 spiro atoms. The van der Waals surface area contributed by atoms with Crippen molar-refractivity contribution in [1.29, 1.82) is 0 Å². The Morgan fingerprint density at radius 1 is 1.38 bits per heavy atom. The molecule has 2 rings (SSSR count). The summed E-state index contributed by atoms with van der Waals surface area (Å²) in [6.45, 7) is 2.63. The number of thiophene rings is 1. The molecule has 5 heteroatoms. The average Bonchev–Trinajstić information content (AvgIpc) is 2.85. The van der Waals surface area contributed by atoms with Gasteiger partial charge in [-0.2, -0.15) is 0 Å². The fourth-order valence-corrected chi connectivity index (χ4v) is 3.63. The molecule has 0 aliphatic heterocycles. The molecule has 0 atom stereocenters. The minimum Gasteiger partial charge on any atom is -0.478 e. The zero-order valence-electron chi connectivity index (χ0n) is 12.2. The lowest BCUT2D eigenvalue weighted by Gasteiger charge is -2.21. The number of aliphatic carboxylic acids is 1. The Morgan fingerprint density at radius 2 is 2.10 bits per heavy atom. The standard InChI is InChI=1S/C16H21NO3S/c1-11-9-14(21-13(11)7-8-15(18)19)16(20)17-10-12-5-3-2-4-6-12/h7-9,12H,2-6,10H2,1H3,(H,17,20)(H,18,19)/b8-7+. The van der Waals surface area contributed by atoms with Crippen LogP contribution in [0.4, 0.5) is 0 Å². The van der Waals surface area contributed by atoms with Crippen molar-refractivity contribution in [2.24, 2.45) is 5.92 Å². The van der Waals surface area contributed by atoms with Crippen LogP contribution >= 0.6 is 11.3 Å². The van der Waals surface area contributed by atoms with E-state index in [2.05, 4.69) is 5.32 Å². The van der Waals surface area contributed by atoms with E-state index < -0.39 is 5.97 Å². The summed E-state index contributed by atoms with van der Waals surface area (Å²) < 4.78 is 0. The molecule has 1 aliphatic carbocycles. The molecule has 1 aromatic rings. The van der Waals surface area contributed by atoms with Crippen molar-refractivity contribution >= 4 is 29.3 Å². The van der Waals surface area contributed by atoms with Crippen LogP contribution in [0.1, 0.15) is 52.2 Å². The summed E-state index contributed by atoms with van der Waals surface area (Å²) in [6.07, 6.45) is 8.90. The van der Waals surface area contributed by atoms with Gasteiger partial charge < -0.3 is 10.4 Å². The van der Waals surface area contributed by atoms with Crippen molar-refractivity contribution in [2.45, 2.75) is 39.0 Å². The minimum absolute atomic E-state index is 0.0522. The molecular formula is C16H21NO3S. The van der Waals surface area contributed by atoms with E-state index in [4.69, 9.17) is 5.11 Å². The van der Waals surface area contributed by atoms with E-state index in [9.17, 15) is 9.59 Å². The van der Waals surface area contributed by atoms with Gasteiger partial charge in [0.05, 0.1) is 4.88 Å². The van der Waals surface area contributed by atoms with Gasteiger partial charge in [-0.1, -0.05) is 19.3 Å². The molecule has 4 nitrogen and oxygen atoms in total. The lowest BCUT2D eigenvalue weighted by Crippen LogP contribution is -2.29. The maximum absolute atomic E-state index is 12.1. The number of amides is 1. The monoisotopic (exact) mass is 307 g/mol. The average molecular weight is 307 g/mol. The number of hydrogen-bond donors (Lipinski definition) is 2. The Morgan fingerprint density at radius 3 is 2.76 bits per heavy atom. The number of carbonyl (C=O) groups excluding carboxylic acids is 1. The van der Waals surface area contributed by atoms with E-state index in [-0.39, 0.29) is 5.91 Å². The van der Waals surface area contributed by atoms with Crippen LogP contribution in [0.2, 0.25) is 0 Å². The fourth-order valence-electron chi connectivity index (χ4n) is 2.64. The minimum atomic E-state index is -0.980. The highest BCUT2D eigenvalue weighted by molar-refractivity contribution is 7.15. The third kappa shape index (κ3) is 4.70. The lowest BCUT2D eigenvalue weighted by atomic mass is 9.89. The molecule has 1 saturated carbocycles. The van der Waals surface area contributed by atoms with E-state index in [1.807, 2.05) is 13.0 Å². The van der Waals surface area contributed by atoms with Gasteiger partial charge in [0, 0.05) is 17.5 Å². The van der Waals surface area contributed by atoms with Gasteiger partial charge in [0.15, 0.2) is 0 Å². The molecule has 2 N–H and O–H groups in total. The molecule has 1 aliphatic rings. The highest BCUT2D eigenvalue weighted by atomic mass is 32.1. The smallest absolute Gasteiger partial charge is 0.328 e. The van der Waals surface area contributed by atoms with Crippen molar-refractivity contribution in [3.05, 3.63) is 27.5 Å². The molecule has 0 aromatic carbocycles. The Balaban J connectivity index is 1.93. The van der Waals surface area contributed by atoms with Gasteiger partial charge in [-0.3, -0.25) is 4.79 Å². The van der Waals surface area contributed by atoms with Crippen molar-refractivity contribution < 1.29 is 14.7 Å². The molecular weight excluding hydrogens is 286 g/mol. The highest BCUT2D eigenvalue weighted by Gasteiger charge is 2.16. The molecule has 0 radical (unpaired) electrons. The van der Waals surface area contributed by atoms with Gasteiger partial charge >= 0.3 is 5.97 Å². The number of carbonyl (C=O) groups is 2. The van der Waals surface area contributed by atoms with Crippen molar-refractivity contribution in [3.8, 4) is 0 Å². The second-order valence-electron chi connectivity index (χ2n) is 5.54. The molecule has 21 heavy (non-hydrogen) atoms. The lowest BCUT2D eigenvalue weighted by molar-refractivity contribution is -0.131. The normalized spacial score (nSPS) is 16.2. The molecule has 1 amide bonds. The van der Waals surface area contributed by atoms with E-state index in [0.717, 1.165) is 23.1 Å². The van der Waals surface area contributed by atoms with Gasteiger partial charge in [-0.15, -0.1) is 11.3 Å². The molecule has 0 unspecified atom stereocenters. The van der Waals surface area contributed by atoms with Crippen molar-refractivity contribution in [2.75, 3.05) is 6.54 Å². The zero-order chi connectivity index (χ0) is 15.2. The number of nitrogens with one attached hydrogen (secondary N) is 1. The Labute approximate surface area is 128 Å². The number of aryl methyl sites for hydroxylation is 1. The fraction of sp³-hybridized carbons (Fsp3) is 0.500. The summed E-state index contributed by atoms with van der Waals surface area (Å²) in [5.74, 6) is -0.426. The summed E-state index contributed by atoms with van der Waals surface area (Å²) in [6, 6.07) is 1.82. The third-order valence-electron chi connectivity index (χ3n) is 3.83. The van der Waals surface area contributed by atoms with Crippen LogP contribution in [0.3, 0.4) is 0 Å². The van der Waals surface area contributed by atoms with Gasteiger partial charge in [0.25, 0.3) is 5.91 Å². The topological polar surface area (TPSA) is 66.4 Å². The number of carboxylic acids is 1. The summed E-state index contributed by atoms with van der Waals surface area (Å²) >= 11 is 1.33. The SMILES string of the molecule is Cc1cc(C(=O)NCC2CCCCC2)sc1/C=C/C(=O)O. The Kier molecular flexibility index (Phi) is 5.56. The van der Waals surface area contributed by atoms with E-state index in [1.54, 1.807) is 6.08 Å². The highest BCUT2D eigenvalue weighted by Crippen LogP contribution is 2.25. The first kappa shape index (κ1) is 15.8. The van der Waals surface area contributed by atoms with Crippen LogP contribution in [0.5, 0.6) is 0 Å². The predicted molar refractivity (Wildman–Crippen MR) is 84.6 cm³/mol. The summed E-state index contributed by atoms with van der Waals surface area (Å²) in [5, 5.41) is 11.7. The zero-order valence-corrected chi connectivity index (χ0v) is 13.0. The Hall–Kier alpha value is -1.62. The van der Waals surface area contributed by atoms with Crippen LogP contribution in [0, 0.1) is 12.8 Å². The quantitative estimate of drug-likeness (QED) is 0.819. The molecule has 1 heterocycles. The number of carboxylic acid groups (broad SMARTS) is 1. The van der Waals surface area contributed by atoms with E-state index in [0.29, 0.717) is 10.8 Å². The van der Waals surface area contributed by atoms with Crippen molar-refractivity contribution in [3.63, 3.8) is 0 Å². The van der Waals surface area contributed by atoms with Crippen LogP contribution < -0.4 is 5.32 Å². The number of rotatable bonds is 5. The largest absolute Gasteiger partial charge is 0.478 e. The Bertz CT molecular complexity index is 542. The van der Waals surface area contributed by atoms with Crippen LogP contribution in [-0.2, 0) is 4.79 Å². The summed E-state index contributed by atoms with van der Waals surface area (Å²) in [7, 11) is 0. The van der Waals surface area contributed by atoms with Gasteiger partial charge in [-0.25, -0.2) is 4.79 Å². The second-order valence-corrected chi connectivity index (χ2v) is 6.63. The van der Waals surface area contributed by atoms with Crippen LogP contribution in [-0.4, -0.2) is 23.5 Å². The van der Waals surface area contributed by atoms with Gasteiger partial charge in [0.2, 0.25) is 0 Å². The first-order valence-corrected chi connectivity index (χ1v) is 8.17. The van der Waals surface area contributed by atoms with Crippen molar-refractivity contribution in [1.82, 2.24) is 5.32 Å². The van der Waals surface area contributed by atoms with Gasteiger partial charge in [-0.05, 0) is 43.4 Å². The summed E-state index contributed by atoms with van der Waals surface area (Å²) in [4.78, 5) is 24.2. The van der Waals surface area contributed by atoms with E-state index >= 15 is 0 Å². The van der Waals surface area contributed by atoms with Crippen LogP contribution in [0.25, 0.3) is 6.08 Å². The number of hydrogen-bond acceptors (Lipinski definition) is 3. The molecule has 0 bridgehead atoms. The molecule has 0 saturated heterocycles. The third-order valence-corrected chi connectivity index (χ3v) is 5.03.